The molecule has 1 atom stereocenters. The third-order valence-electron chi connectivity index (χ3n) is 4.77. The number of aromatic nitrogens is 4. The summed E-state index contributed by atoms with van der Waals surface area (Å²) in [5.41, 5.74) is 0.633. The van der Waals surface area contributed by atoms with Crippen molar-refractivity contribution in [3.05, 3.63) is 62.8 Å². The first-order chi connectivity index (χ1) is 13.3. The molecule has 0 saturated heterocycles. The molecule has 0 spiro atoms. The van der Waals surface area contributed by atoms with Crippen LogP contribution in [0.4, 0.5) is 4.39 Å². The molecule has 0 saturated carbocycles. The van der Waals surface area contributed by atoms with Crippen LogP contribution >= 0.6 is 0 Å². The molecule has 28 heavy (non-hydrogen) atoms. The predicted molar refractivity (Wildman–Crippen MR) is 102 cm³/mol. The number of halogens is 1. The molecule has 2 aromatic heterocycles. The molecule has 8 nitrogen and oxygen atoms in total. The Hall–Kier alpha value is -3.23. The fourth-order valence-corrected chi connectivity index (χ4v) is 3.12. The van der Waals surface area contributed by atoms with E-state index in [4.69, 9.17) is 0 Å². The molecule has 3 aromatic rings. The molecule has 1 aromatic carbocycles. The summed E-state index contributed by atoms with van der Waals surface area (Å²) in [7, 11) is 2.98. The zero-order valence-corrected chi connectivity index (χ0v) is 16.0. The Bertz CT molecular complexity index is 1130. The zero-order chi connectivity index (χ0) is 20.4. The quantitative estimate of drug-likeness (QED) is 0.689. The molecule has 1 N–H and O–H groups in total. The molecule has 148 valence electrons. The van der Waals surface area contributed by atoms with Gasteiger partial charge in [-0.05, 0) is 31.0 Å². The van der Waals surface area contributed by atoms with Gasteiger partial charge in [-0.15, -0.1) is 0 Å². The lowest BCUT2D eigenvalue weighted by Crippen LogP contribution is -2.37. The molecular formula is C19H22FN5O3. The number of fused-ring (bicyclic) bond motifs is 1. The van der Waals surface area contributed by atoms with Crippen LogP contribution in [0.2, 0.25) is 0 Å². The molecule has 0 bridgehead atoms. The van der Waals surface area contributed by atoms with Gasteiger partial charge in [-0.1, -0.05) is 12.1 Å². The smallest absolute Gasteiger partial charge is 0.332 e. The highest BCUT2D eigenvalue weighted by Crippen LogP contribution is 2.13. The van der Waals surface area contributed by atoms with Crippen molar-refractivity contribution in [2.45, 2.75) is 32.4 Å². The van der Waals surface area contributed by atoms with E-state index in [0.29, 0.717) is 24.1 Å². The van der Waals surface area contributed by atoms with Gasteiger partial charge in [-0.25, -0.2) is 14.2 Å². The van der Waals surface area contributed by atoms with Crippen molar-refractivity contribution in [2.24, 2.45) is 14.1 Å². The maximum atomic E-state index is 13.0. The van der Waals surface area contributed by atoms with Gasteiger partial charge in [0, 0.05) is 27.1 Å². The number of nitrogens with one attached hydrogen (secondary N) is 1. The number of amides is 1. The van der Waals surface area contributed by atoms with Crippen LogP contribution in [-0.2, 0) is 25.4 Å². The number of rotatable bonds is 6. The number of carbonyl (C=O) groups is 1. The normalized spacial score (nSPS) is 12.3. The minimum absolute atomic E-state index is 0.137. The number of imidazole rings is 1. The number of benzene rings is 1. The Kier molecular flexibility index (Phi) is 5.43. The van der Waals surface area contributed by atoms with Crippen LogP contribution in [0.15, 0.2) is 40.2 Å². The maximum Gasteiger partial charge on any atom is 0.332 e. The molecule has 9 heteroatoms. The lowest BCUT2D eigenvalue weighted by atomic mass is 10.1. The van der Waals surface area contributed by atoms with Crippen LogP contribution in [-0.4, -0.2) is 24.6 Å². The van der Waals surface area contributed by atoms with E-state index >= 15 is 0 Å². The van der Waals surface area contributed by atoms with Gasteiger partial charge in [-0.2, -0.15) is 0 Å². The van der Waals surface area contributed by atoms with E-state index in [1.807, 2.05) is 6.92 Å². The highest BCUT2D eigenvalue weighted by atomic mass is 19.1. The molecular weight excluding hydrogens is 365 g/mol. The predicted octanol–water partition coefficient (Wildman–Crippen LogP) is 1.23. The van der Waals surface area contributed by atoms with Crippen LogP contribution < -0.4 is 16.6 Å². The average Bonchev–Trinajstić information content (AvgIpc) is 3.09. The first-order valence-corrected chi connectivity index (χ1v) is 8.95. The van der Waals surface area contributed by atoms with Crippen LogP contribution in [0, 0.1) is 5.82 Å². The van der Waals surface area contributed by atoms with Gasteiger partial charge in [0.25, 0.3) is 5.56 Å². The highest BCUT2D eigenvalue weighted by molar-refractivity contribution is 5.76. The summed E-state index contributed by atoms with van der Waals surface area (Å²) >= 11 is 0. The van der Waals surface area contributed by atoms with E-state index < -0.39 is 11.2 Å². The van der Waals surface area contributed by atoms with E-state index in [1.165, 1.54) is 30.1 Å². The topological polar surface area (TPSA) is 90.9 Å². The van der Waals surface area contributed by atoms with Crippen molar-refractivity contribution in [1.82, 2.24) is 24.0 Å². The van der Waals surface area contributed by atoms with Gasteiger partial charge >= 0.3 is 5.69 Å². The van der Waals surface area contributed by atoms with Crippen LogP contribution in [0.1, 0.15) is 31.4 Å². The van der Waals surface area contributed by atoms with Crippen molar-refractivity contribution in [3.63, 3.8) is 0 Å². The molecule has 3 rings (SSSR count). The van der Waals surface area contributed by atoms with Gasteiger partial charge in [0.05, 0.1) is 12.4 Å². The van der Waals surface area contributed by atoms with Crippen molar-refractivity contribution in [3.8, 4) is 0 Å². The fraction of sp³-hybridized carbons (Fsp3) is 0.368. The number of aryl methyl sites for hydroxylation is 2. The van der Waals surface area contributed by atoms with Crippen LogP contribution in [0.5, 0.6) is 0 Å². The Morgan fingerprint density at radius 2 is 1.86 bits per heavy atom. The second kappa shape index (κ2) is 7.79. The van der Waals surface area contributed by atoms with E-state index in [1.54, 1.807) is 23.7 Å². The zero-order valence-electron chi connectivity index (χ0n) is 16.0. The molecule has 1 unspecified atom stereocenters. The third-order valence-corrected chi connectivity index (χ3v) is 4.77. The van der Waals surface area contributed by atoms with E-state index in [0.717, 1.165) is 10.1 Å². The molecule has 0 radical (unpaired) electrons. The van der Waals surface area contributed by atoms with E-state index in [-0.39, 0.29) is 24.2 Å². The summed E-state index contributed by atoms with van der Waals surface area (Å²) in [4.78, 5) is 40.7. The SMILES string of the molecule is CC(NC(=O)CCCn1cnc2c1c(=O)n(C)c(=O)n2C)c1ccc(F)cc1. The summed E-state index contributed by atoms with van der Waals surface area (Å²) in [6.07, 6.45) is 2.27. The second-order valence-corrected chi connectivity index (χ2v) is 6.76. The van der Waals surface area contributed by atoms with Crippen molar-refractivity contribution < 1.29 is 9.18 Å². The Balaban J connectivity index is 1.64. The van der Waals surface area contributed by atoms with Gasteiger partial charge < -0.3 is 9.88 Å². The number of nitrogens with zero attached hydrogens (tertiary/aromatic N) is 4. The standard InChI is InChI=1S/C19H22FN5O3/c1-12(13-6-8-14(20)9-7-13)22-15(26)5-4-10-25-11-21-17-16(25)18(27)24(3)19(28)23(17)2/h6-9,11-12H,4-5,10H2,1-3H3,(H,22,26). The summed E-state index contributed by atoms with van der Waals surface area (Å²) in [6, 6.07) is 5.76. The lowest BCUT2D eigenvalue weighted by Gasteiger charge is -2.14. The Morgan fingerprint density at radius 1 is 1.18 bits per heavy atom. The lowest BCUT2D eigenvalue weighted by molar-refractivity contribution is -0.121. The van der Waals surface area contributed by atoms with Crippen LogP contribution in [0.25, 0.3) is 11.2 Å². The van der Waals surface area contributed by atoms with Crippen molar-refractivity contribution in [2.75, 3.05) is 0 Å². The molecule has 0 aliphatic heterocycles. The van der Waals surface area contributed by atoms with E-state index in [9.17, 15) is 18.8 Å². The molecule has 0 fully saturated rings. The second-order valence-electron chi connectivity index (χ2n) is 6.76. The van der Waals surface area contributed by atoms with Gasteiger partial charge in [0.2, 0.25) is 5.91 Å². The fourth-order valence-electron chi connectivity index (χ4n) is 3.12. The van der Waals surface area contributed by atoms with Gasteiger partial charge in [0.15, 0.2) is 11.2 Å². The Morgan fingerprint density at radius 3 is 2.54 bits per heavy atom. The monoisotopic (exact) mass is 387 g/mol. The van der Waals surface area contributed by atoms with Crippen LogP contribution in [0.3, 0.4) is 0 Å². The number of carbonyl (C=O) groups excluding carboxylic acids is 1. The van der Waals surface area contributed by atoms with Crippen molar-refractivity contribution >= 4 is 17.1 Å². The van der Waals surface area contributed by atoms with Crippen molar-refractivity contribution in [1.29, 1.82) is 0 Å². The minimum Gasteiger partial charge on any atom is -0.350 e. The maximum absolute atomic E-state index is 13.0. The summed E-state index contributed by atoms with van der Waals surface area (Å²) in [5, 5.41) is 2.87. The highest BCUT2D eigenvalue weighted by Gasteiger charge is 2.15. The molecule has 0 aliphatic carbocycles. The Labute approximate surface area is 160 Å². The van der Waals surface area contributed by atoms with E-state index in [2.05, 4.69) is 10.3 Å². The largest absolute Gasteiger partial charge is 0.350 e. The molecule has 1 amide bonds. The summed E-state index contributed by atoms with van der Waals surface area (Å²) in [5.74, 6) is -0.458. The molecule has 2 heterocycles. The summed E-state index contributed by atoms with van der Waals surface area (Å²) in [6.45, 7) is 2.25. The number of hydrogen-bond acceptors (Lipinski definition) is 4. The minimum atomic E-state index is -0.433. The third kappa shape index (κ3) is 3.73. The van der Waals surface area contributed by atoms with Gasteiger partial charge in [-0.3, -0.25) is 18.7 Å². The molecule has 0 aliphatic rings. The number of hydrogen-bond donors (Lipinski definition) is 1. The van der Waals surface area contributed by atoms with Gasteiger partial charge in [0.1, 0.15) is 5.82 Å². The first-order valence-electron chi connectivity index (χ1n) is 8.95. The first kappa shape index (κ1) is 19.5. The average molecular weight is 387 g/mol. The summed E-state index contributed by atoms with van der Waals surface area (Å²) < 4.78 is 17.0.